The Bertz CT molecular complexity index is 1350. The summed E-state index contributed by atoms with van der Waals surface area (Å²) in [5.41, 5.74) is -0.470. The van der Waals surface area contributed by atoms with Crippen LogP contribution in [0, 0.1) is 11.3 Å². The van der Waals surface area contributed by atoms with Gasteiger partial charge in [-0.05, 0) is 70.8 Å². The van der Waals surface area contributed by atoms with Crippen LogP contribution in [0.5, 0.6) is 17.2 Å². The van der Waals surface area contributed by atoms with E-state index in [4.69, 9.17) is 9.47 Å². The molecule has 0 spiro atoms. The first-order valence-corrected chi connectivity index (χ1v) is 10.9. The Morgan fingerprint density at radius 3 is 1.89 bits per heavy atom. The SMILES string of the molecule is COc1cc2c(O)cc3c(c2cc1OC)-c1ccc(C#N)cc1C3(CCC(F)(F)F)CCC(F)(F)F. The third-order valence-electron chi connectivity index (χ3n) is 6.74. The van der Waals surface area contributed by atoms with Gasteiger partial charge in [0, 0.05) is 23.6 Å². The minimum Gasteiger partial charge on any atom is -0.507 e. The van der Waals surface area contributed by atoms with Crippen molar-refractivity contribution in [1.29, 1.82) is 5.26 Å². The molecule has 4 nitrogen and oxygen atoms in total. The monoisotopic (exact) mass is 509 g/mol. The molecule has 1 aliphatic carbocycles. The van der Waals surface area contributed by atoms with Crippen molar-refractivity contribution in [2.45, 2.75) is 43.5 Å². The average Bonchev–Trinajstić information content (AvgIpc) is 3.08. The Morgan fingerprint density at radius 1 is 0.833 bits per heavy atom. The molecule has 0 aromatic heterocycles. The fraction of sp³-hybridized carbons (Fsp3) is 0.346. The van der Waals surface area contributed by atoms with E-state index < -0.39 is 43.5 Å². The minimum atomic E-state index is -4.63. The summed E-state index contributed by atoms with van der Waals surface area (Å²) in [4.78, 5) is 0. The van der Waals surface area contributed by atoms with Gasteiger partial charge in [-0.15, -0.1) is 0 Å². The van der Waals surface area contributed by atoms with E-state index in [-0.39, 0.29) is 28.2 Å². The van der Waals surface area contributed by atoms with Crippen molar-refractivity contribution in [3.05, 3.63) is 53.1 Å². The summed E-state index contributed by atoms with van der Waals surface area (Å²) in [6.07, 6.45) is -13.3. The molecule has 4 rings (SSSR count). The van der Waals surface area contributed by atoms with Crippen molar-refractivity contribution < 1.29 is 40.9 Å². The number of phenolic OH excluding ortho intramolecular Hbond substituents is 1. The molecule has 0 saturated heterocycles. The van der Waals surface area contributed by atoms with Crippen molar-refractivity contribution >= 4 is 10.8 Å². The zero-order valence-electron chi connectivity index (χ0n) is 19.3. The molecule has 1 N–H and O–H groups in total. The van der Waals surface area contributed by atoms with Gasteiger partial charge >= 0.3 is 12.4 Å². The molecule has 0 unspecified atom stereocenters. The van der Waals surface area contributed by atoms with E-state index in [1.807, 2.05) is 6.07 Å². The van der Waals surface area contributed by atoms with Gasteiger partial charge in [-0.3, -0.25) is 0 Å². The van der Waals surface area contributed by atoms with Crippen molar-refractivity contribution in [2.24, 2.45) is 0 Å². The third-order valence-corrected chi connectivity index (χ3v) is 6.74. The summed E-state index contributed by atoms with van der Waals surface area (Å²) in [6, 6.07) is 10.5. The van der Waals surface area contributed by atoms with Gasteiger partial charge in [-0.25, -0.2) is 0 Å². The van der Waals surface area contributed by atoms with E-state index in [9.17, 15) is 36.7 Å². The second-order valence-electron chi connectivity index (χ2n) is 8.76. The predicted octanol–water partition coefficient (Wildman–Crippen LogP) is 7.39. The van der Waals surface area contributed by atoms with Crippen LogP contribution in [0.25, 0.3) is 21.9 Å². The molecule has 0 bridgehead atoms. The van der Waals surface area contributed by atoms with E-state index in [1.165, 1.54) is 50.6 Å². The first-order chi connectivity index (χ1) is 16.8. The third kappa shape index (κ3) is 4.38. The van der Waals surface area contributed by atoms with Gasteiger partial charge in [0.05, 0.1) is 25.9 Å². The van der Waals surface area contributed by atoms with Crippen molar-refractivity contribution in [3.63, 3.8) is 0 Å². The molecule has 0 heterocycles. The van der Waals surface area contributed by atoms with E-state index in [0.29, 0.717) is 27.6 Å². The molecule has 0 fully saturated rings. The maximum absolute atomic E-state index is 13.4. The number of benzene rings is 3. The number of alkyl halides is 6. The Hall–Kier alpha value is -3.61. The minimum absolute atomic E-state index is 0.109. The Kier molecular flexibility index (Phi) is 6.23. The fourth-order valence-electron chi connectivity index (χ4n) is 5.14. The summed E-state index contributed by atoms with van der Waals surface area (Å²) in [6.45, 7) is 0. The Morgan fingerprint density at radius 2 is 1.39 bits per heavy atom. The highest BCUT2D eigenvalue weighted by Gasteiger charge is 2.48. The van der Waals surface area contributed by atoms with E-state index in [1.54, 1.807) is 0 Å². The molecule has 10 heteroatoms. The number of halogens is 6. The summed E-state index contributed by atoms with van der Waals surface area (Å²) in [7, 11) is 2.78. The van der Waals surface area contributed by atoms with Gasteiger partial charge in [-0.2, -0.15) is 31.6 Å². The lowest BCUT2D eigenvalue weighted by atomic mass is 9.70. The Balaban J connectivity index is 2.10. The summed E-state index contributed by atoms with van der Waals surface area (Å²) < 4.78 is 91.1. The molecule has 190 valence electrons. The van der Waals surface area contributed by atoms with Crippen LogP contribution in [-0.2, 0) is 5.41 Å². The van der Waals surface area contributed by atoms with Crippen LogP contribution in [0.3, 0.4) is 0 Å². The first kappa shape index (κ1) is 25.5. The molecule has 36 heavy (non-hydrogen) atoms. The number of hydrogen-bond acceptors (Lipinski definition) is 4. The highest BCUT2D eigenvalue weighted by Crippen LogP contribution is 2.59. The number of methoxy groups -OCH3 is 2. The fourth-order valence-corrected chi connectivity index (χ4v) is 5.14. The number of fused-ring (bicyclic) bond motifs is 5. The number of nitriles is 1. The topological polar surface area (TPSA) is 62.5 Å². The average molecular weight is 509 g/mol. The number of aromatic hydroxyl groups is 1. The lowest BCUT2D eigenvalue weighted by Gasteiger charge is -2.33. The molecule has 0 atom stereocenters. The standard InChI is InChI=1S/C26H21F6NO3/c1-35-21-10-16-17(11-22(21)36-2)23-15-4-3-14(13-33)9-18(15)24(5-7-25(27,28)29,6-8-26(30,31)32)19(23)12-20(16)34/h3-4,9-12,34H,5-8H2,1-2H3. The second-order valence-corrected chi connectivity index (χ2v) is 8.76. The zero-order chi connectivity index (χ0) is 26.5. The van der Waals surface area contributed by atoms with Gasteiger partial charge < -0.3 is 14.6 Å². The molecular formula is C26H21F6NO3. The maximum Gasteiger partial charge on any atom is 0.389 e. The van der Waals surface area contributed by atoms with Crippen LogP contribution >= 0.6 is 0 Å². The van der Waals surface area contributed by atoms with Crippen molar-refractivity contribution in [3.8, 4) is 34.4 Å². The molecule has 3 aromatic rings. The van der Waals surface area contributed by atoms with Gasteiger partial charge in [-0.1, -0.05) is 6.07 Å². The van der Waals surface area contributed by atoms with Crippen LogP contribution in [-0.4, -0.2) is 31.7 Å². The number of ether oxygens (including phenoxy) is 2. The smallest absolute Gasteiger partial charge is 0.389 e. The molecule has 1 aliphatic rings. The van der Waals surface area contributed by atoms with E-state index in [2.05, 4.69) is 0 Å². The molecule has 0 saturated carbocycles. The second kappa shape index (κ2) is 8.80. The van der Waals surface area contributed by atoms with Crippen molar-refractivity contribution in [1.82, 2.24) is 0 Å². The van der Waals surface area contributed by atoms with Gasteiger partial charge in [0.15, 0.2) is 11.5 Å². The van der Waals surface area contributed by atoms with Gasteiger partial charge in [0.1, 0.15) is 5.75 Å². The summed E-state index contributed by atoms with van der Waals surface area (Å²) in [5, 5.41) is 21.0. The predicted molar refractivity (Wildman–Crippen MR) is 120 cm³/mol. The highest BCUT2D eigenvalue weighted by molar-refractivity contribution is 6.06. The van der Waals surface area contributed by atoms with E-state index >= 15 is 0 Å². The first-order valence-electron chi connectivity index (χ1n) is 10.9. The van der Waals surface area contributed by atoms with E-state index in [0.717, 1.165) is 0 Å². The lowest BCUT2D eigenvalue weighted by molar-refractivity contribution is -0.143. The zero-order valence-corrected chi connectivity index (χ0v) is 19.3. The number of hydrogen-bond donors (Lipinski definition) is 1. The molecule has 0 amide bonds. The van der Waals surface area contributed by atoms with Crippen LogP contribution in [0.4, 0.5) is 26.3 Å². The van der Waals surface area contributed by atoms with Crippen LogP contribution in [0.15, 0.2) is 36.4 Å². The highest BCUT2D eigenvalue weighted by atomic mass is 19.4. The Labute approximate surface area is 202 Å². The molecule has 3 aromatic carbocycles. The van der Waals surface area contributed by atoms with Crippen molar-refractivity contribution in [2.75, 3.05) is 14.2 Å². The summed E-state index contributed by atoms with van der Waals surface area (Å²) in [5.74, 6) is 0.246. The number of rotatable bonds is 6. The number of phenols is 1. The summed E-state index contributed by atoms with van der Waals surface area (Å²) >= 11 is 0. The molecular weight excluding hydrogens is 488 g/mol. The van der Waals surface area contributed by atoms with Crippen LogP contribution in [0.2, 0.25) is 0 Å². The molecule has 0 radical (unpaired) electrons. The molecule has 0 aliphatic heterocycles. The van der Waals surface area contributed by atoms with Crippen LogP contribution in [0.1, 0.15) is 42.4 Å². The largest absolute Gasteiger partial charge is 0.507 e. The number of nitrogens with zero attached hydrogens (tertiary/aromatic N) is 1. The van der Waals surface area contributed by atoms with Gasteiger partial charge in [0.25, 0.3) is 0 Å². The van der Waals surface area contributed by atoms with Gasteiger partial charge in [0.2, 0.25) is 0 Å². The normalized spacial score (nSPS) is 14.3. The maximum atomic E-state index is 13.4. The quantitative estimate of drug-likeness (QED) is 0.352. The van der Waals surface area contributed by atoms with Crippen LogP contribution < -0.4 is 9.47 Å². The lowest BCUT2D eigenvalue weighted by Crippen LogP contribution is -2.30.